The van der Waals surface area contributed by atoms with Gasteiger partial charge in [-0.3, -0.25) is 0 Å². The zero-order valence-electron chi connectivity index (χ0n) is 14.0. The first-order valence-corrected chi connectivity index (χ1v) is 6.33. The average molecular weight is 392 g/mol. The van der Waals surface area contributed by atoms with Crippen LogP contribution in [0.2, 0.25) is 0 Å². The van der Waals surface area contributed by atoms with Crippen LogP contribution < -0.4 is 91.2 Å². The van der Waals surface area contributed by atoms with E-state index in [2.05, 4.69) is 0 Å². The van der Waals surface area contributed by atoms with Crippen LogP contribution in [0.25, 0.3) is 0 Å². The van der Waals surface area contributed by atoms with Crippen LogP contribution in [-0.4, -0.2) is 34.1 Å². The predicted molar refractivity (Wildman–Crippen MR) is 75.5 cm³/mol. The number of rotatable bonds is 4. The fourth-order valence-corrected chi connectivity index (χ4v) is 1.70. The van der Waals surface area contributed by atoms with Gasteiger partial charge in [0.05, 0.1) is 23.1 Å². The van der Waals surface area contributed by atoms with E-state index in [-0.39, 0.29) is 103 Å². The summed E-state index contributed by atoms with van der Waals surface area (Å²) in [5.41, 5.74) is -1.11. The molecule has 0 amide bonds. The first-order valence-electron chi connectivity index (χ1n) is 6.33. The summed E-state index contributed by atoms with van der Waals surface area (Å²) in [4.78, 5) is 41.6. The number of carboxylic acid groups (broad SMARTS) is 4. The summed E-state index contributed by atoms with van der Waals surface area (Å²) in [5, 5.41) is 37.8. The van der Waals surface area contributed by atoms with Gasteiger partial charge in [0.25, 0.3) is 0 Å². The van der Waals surface area contributed by atoms with Crippen LogP contribution in [0.3, 0.4) is 0 Å². The molecule has 0 bridgehead atoms. The SMILES string of the molecule is O=C([O-])c1ccccc1C(=O)O.O=C([O-])c1ccccc1C(=O)O.[K+].[Na+]. The Morgan fingerprint density at radius 1 is 0.615 bits per heavy atom. The molecule has 2 N–H and O–H groups in total. The Hall–Kier alpha value is -1.04. The number of carbonyl (C=O) groups is 4. The van der Waals surface area contributed by atoms with Gasteiger partial charge in [0.15, 0.2) is 0 Å². The number of aromatic carboxylic acids is 4. The van der Waals surface area contributed by atoms with E-state index in [4.69, 9.17) is 10.2 Å². The molecule has 0 aliphatic carbocycles. The van der Waals surface area contributed by atoms with Crippen LogP contribution in [0.5, 0.6) is 0 Å². The van der Waals surface area contributed by atoms with Crippen molar-refractivity contribution in [2.45, 2.75) is 0 Å². The van der Waals surface area contributed by atoms with Gasteiger partial charge >= 0.3 is 92.9 Å². The Balaban J connectivity index is 0. The largest absolute Gasteiger partial charge is 1.00 e. The molecule has 0 fully saturated rings. The summed E-state index contributed by atoms with van der Waals surface area (Å²) in [6.45, 7) is 0. The van der Waals surface area contributed by atoms with Crippen molar-refractivity contribution in [2.75, 3.05) is 0 Å². The van der Waals surface area contributed by atoms with E-state index in [0.29, 0.717) is 0 Å². The fourth-order valence-electron chi connectivity index (χ4n) is 1.70. The van der Waals surface area contributed by atoms with Crippen LogP contribution in [-0.2, 0) is 0 Å². The Kier molecular flexibility index (Phi) is 13.8. The molecule has 0 aliphatic heterocycles. The maximum absolute atomic E-state index is 10.4. The molecule has 10 heteroatoms. The molecule has 0 saturated heterocycles. The van der Waals surface area contributed by atoms with Gasteiger partial charge in [0.2, 0.25) is 0 Å². The molecule has 8 nitrogen and oxygen atoms in total. The molecule has 0 heterocycles. The van der Waals surface area contributed by atoms with Crippen molar-refractivity contribution in [1.82, 2.24) is 0 Å². The molecule has 124 valence electrons. The first kappa shape index (κ1) is 27.2. The Labute approximate surface area is 212 Å². The Bertz CT molecular complexity index is 673. The van der Waals surface area contributed by atoms with E-state index >= 15 is 0 Å². The second kappa shape index (κ2) is 13.2. The van der Waals surface area contributed by atoms with Gasteiger partial charge in [-0.05, 0) is 12.1 Å². The summed E-state index contributed by atoms with van der Waals surface area (Å²) >= 11 is 0. The van der Waals surface area contributed by atoms with Crippen molar-refractivity contribution in [3.63, 3.8) is 0 Å². The maximum Gasteiger partial charge on any atom is 1.00 e. The minimum absolute atomic E-state index is 0. The van der Waals surface area contributed by atoms with Crippen molar-refractivity contribution in [2.24, 2.45) is 0 Å². The Morgan fingerprint density at radius 2 is 0.846 bits per heavy atom. The van der Waals surface area contributed by atoms with Crippen molar-refractivity contribution in [3.8, 4) is 0 Å². The maximum atomic E-state index is 10.4. The van der Waals surface area contributed by atoms with E-state index in [9.17, 15) is 29.4 Å². The molecule has 0 spiro atoms. The number of carbonyl (C=O) groups excluding carboxylic acids is 2. The molecule has 2 aromatic carbocycles. The van der Waals surface area contributed by atoms with E-state index in [0.717, 1.165) is 0 Å². The molecule has 0 aromatic heterocycles. The standard InChI is InChI=1S/2C8H6O4.K.Na/c2*9-7(10)5-3-1-2-4-6(5)8(11)12;;/h2*1-4H,(H,9,10)(H,11,12);;/q;;2*+1/p-2. The van der Waals surface area contributed by atoms with Crippen molar-refractivity contribution < 1.29 is 121 Å². The Morgan fingerprint density at radius 3 is 1.00 bits per heavy atom. The van der Waals surface area contributed by atoms with Gasteiger partial charge < -0.3 is 30.0 Å². The van der Waals surface area contributed by atoms with Crippen molar-refractivity contribution >= 4 is 23.9 Å². The number of hydrogen-bond donors (Lipinski definition) is 2. The number of carboxylic acids is 4. The quantitative estimate of drug-likeness (QED) is 0.487. The minimum Gasteiger partial charge on any atom is -0.545 e. The molecule has 0 saturated carbocycles. The second-order valence-electron chi connectivity index (χ2n) is 4.28. The third-order valence-corrected chi connectivity index (χ3v) is 2.75. The zero-order valence-corrected chi connectivity index (χ0v) is 19.1. The van der Waals surface area contributed by atoms with Crippen LogP contribution in [0.4, 0.5) is 0 Å². The third kappa shape index (κ3) is 8.10. The summed E-state index contributed by atoms with van der Waals surface area (Å²) < 4.78 is 0. The number of hydrogen-bond acceptors (Lipinski definition) is 6. The molecule has 0 radical (unpaired) electrons. The summed E-state index contributed by atoms with van der Waals surface area (Å²) in [7, 11) is 0. The van der Waals surface area contributed by atoms with Gasteiger partial charge in [0.1, 0.15) is 0 Å². The average Bonchev–Trinajstić information content (AvgIpc) is 2.55. The van der Waals surface area contributed by atoms with Gasteiger partial charge in [-0.25, -0.2) is 9.59 Å². The van der Waals surface area contributed by atoms with Gasteiger partial charge in [-0.2, -0.15) is 0 Å². The minimum atomic E-state index is -1.48. The molecule has 2 rings (SSSR count). The van der Waals surface area contributed by atoms with Crippen LogP contribution in [0.15, 0.2) is 48.5 Å². The molecule has 2 aromatic rings. The monoisotopic (exact) mass is 392 g/mol. The summed E-state index contributed by atoms with van der Waals surface area (Å²) in [6.07, 6.45) is 0. The summed E-state index contributed by atoms with van der Waals surface area (Å²) in [6, 6.07) is 10.6. The molecular formula is C16H10KNaO8. The van der Waals surface area contributed by atoms with Gasteiger partial charge in [-0.1, -0.05) is 36.4 Å². The predicted octanol–water partition coefficient (Wildman–Crippen LogP) is -6.50. The third-order valence-electron chi connectivity index (χ3n) is 2.75. The van der Waals surface area contributed by atoms with E-state index in [1.165, 1.54) is 48.5 Å². The smallest absolute Gasteiger partial charge is 0.545 e. The topological polar surface area (TPSA) is 155 Å². The first-order chi connectivity index (χ1) is 11.3. The van der Waals surface area contributed by atoms with Crippen molar-refractivity contribution in [1.29, 1.82) is 0 Å². The van der Waals surface area contributed by atoms with Crippen LogP contribution >= 0.6 is 0 Å². The van der Waals surface area contributed by atoms with Crippen molar-refractivity contribution in [3.05, 3.63) is 70.8 Å². The van der Waals surface area contributed by atoms with E-state index in [1.54, 1.807) is 0 Å². The number of benzene rings is 2. The van der Waals surface area contributed by atoms with E-state index < -0.39 is 23.9 Å². The summed E-state index contributed by atoms with van der Waals surface area (Å²) in [5.74, 6) is -5.49. The molecule has 0 unspecified atom stereocenters. The second-order valence-corrected chi connectivity index (χ2v) is 4.28. The fraction of sp³-hybridized carbons (Fsp3) is 0. The van der Waals surface area contributed by atoms with Crippen LogP contribution in [0.1, 0.15) is 41.4 Å². The van der Waals surface area contributed by atoms with Gasteiger partial charge in [-0.15, -0.1) is 0 Å². The molecular weight excluding hydrogens is 382 g/mol. The molecule has 0 atom stereocenters. The molecule has 0 aliphatic rings. The van der Waals surface area contributed by atoms with Gasteiger partial charge in [0, 0.05) is 11.1 Å². The molecule has 26 heavy (non-hydrogen) atoms. The zero-order chi connectivity index (χ0) is 18.3. The van der Waals surface area contributed by atoms with Crippen LogP contribution in [0, 0.1) is 0 Å². The normalized spacial score (nSPS) is 8.62. The van der Waals surface area contributed by atoms with E-state index in [1.807, 2.05) is 0 Å².